The summed E-state index contributed by atoms with van der Waals surface area (Å²) in [6.07, 6.45) is -4.00. The number of ether oxygens (including phenoxy) is 1. The molecule has 1 aromatic carbocycles. The van der Waals surface area contributed by atoms with Crippen molar-refractivity contribution in [2.75, 3.05) is 25.1 Å². The zero-order chi connectivity index (χ0) is 24.6. The number of benzene rings is 1. The Kier molecular flexibility index (Phi) is 6.11. The van der Waals surface area contributed by atoms with Crippen LogP contribution in [0.15, 0.2) is 36.5 Å². The van der Waals surface area contributed by atoms with Gasteiger partial charge in [-0.2, -0.15) is 18.3 Å². The first-order valence-electron chi connectivity index (χ1n) is 10.0. The number of alkyl halides is 3. The fourth-order valence-corrected chi connectivity index (χ4v) is 3.84. The quantitative estimate of drug-likeness (QED) is 0.538. The average Bonchev–Trinajstić information content (AvgIpc) is 3.40. The lowest BCUT2D eigenvalue weighted by molar-refractivity contribution is -0.187. The molecule has 1 saturated heterocycles. The van der Waals surface area contributed by atoms with E-state index in [9.17, 15) is 31.9 Å². The largest absolute Gasteiger partial charge is 0.481 e. The third-order valence-electron chi connectivity index (χ3n) is 5.54. The summed E-state index contributed by atoms with van der Waals surface area (Å²) in [7, 11) is 1.36. The van der Waals surface area contributed by atoms with Gasteiger partial charge in [0.05, 0.1) is 31.7 Å². The summed E-state index contributed by atoms with van der Waals surface area (Å²) in [4.78, 5) is 20.2. The smallest absolute Gasteiger partial charge is 0.394 e. The van der Waals surface area contributed by atoms with Gasteiger partial charge in [-0.3, -0.25) is 4.79 Å². The van der Waals surface area contributed by atoms with Crippen LogP contribution in [0.2, 0.25) is 0 Å². The van der Waals surface area contributed by atoms with Gasteiger partial charge in [-0.05, 0) is 6.07 Å². The number of anilines is 1. The van der Waals surface area contributed by atoms with E-state index in [-0.39, 0.29) is 23.9 Å². The molecule has 2 unspecified atom stereocenters. The number of carbonyl (C=O) groups is 1. The standard InChI is InChI=1S/C21H18F5N5O3/c1-34-17-6-16(29-31(17)8-11-4-2-3-5-14(11)22)18-27-7-15(23)19(28-18)30-9-12(20(32)33)13(10-30)21(24,25)26/h2-7,12-13H,8-10H2,1H3,(H,32,33). The van der Waals surface area contributed by atoms with Crippen LogP contribution >= 0.6 is 0 Å². The molecule has 3 aromatic rings. The number of rotatable bonds is 6. The molecule has 4 rings (SSSR count). The zero-order valence-corrected chi connectivity index (χ0v) is 17.6. The average molecular weight is 483 g/mol. The number of nitrogens with zero attached hydrogens (tertiary/aromatic N) is 5. The van der Waals surface area contributed by atoms with E-state index >= 15 is 0 Å². The Hall–Kier alpha value is -3.77. The number of methoxy groups -OCH3 is 1. The van der Waals surface area contributed by atoms with Crippen molar-refractivity contribution < 1.29 is 36.6 Å². The van der Waals surface area contributed by atoms with Crippen molar-refractivity contribution in [1.29, 1.82) is 0 Å². The highest BCUT2D eigenvalue weighted by Gasteiger charge is 2.53. The molecular formula is C21H18F5N5O3. The van der Waals surface area contributed by atoms with Crippen LogP contribution in [-0.4, -0.2) is 57.2 Å². The molecule has 2 aromatic heterocycles. The Morgan fingerprint density at radius 2 is 1.94 bits per heavy atom. The highest BCUT2D eigenvalue weighted by atomic mass is 19.4. The predicted molar refractivity (Wildman–Crippen MR) is 108 cm³/mol. The molecule has 0 amide bonds. The third kappa shape index (κ3) is 4.50. The monoisotopic (exact) mass is 483 g/mol. The van der Waals surface area contributed by atoms with Gasteiger partial charge < -0.3 is 14.7 Å². The van der Waals surface area contributed by atoms with Crippen molar-refractivity contribution in [3.8, 4) is 17.4 Å². The summed E-state index contributed by atoms with van der Waals surface area (Å²) in [6, 6.07) is 7.46. The highest BCUT2D eigenvalue weighted by molar-refractivity contribution is 5.72. The number of aliphatic carboxylic acids is 1. The molecule has 34 heavy (non-hydrogen) atoms. The van der Waals surface area contributed by atoms with Gasteiger partial charge >= 0.3 is 12.1 Å². The van der Waals surface area contributed by atoms with Crippen LogP contribution in [0.3, 0.4) is 0 Å². The molecule has 1 aliphatic rings. The van der Waals surface area contributed by atoms with Crippen LogP contribution < -0.4 is 9.64 Å². The maximum atomic E-state index is 14.5. The number of aromatic nitrogens is 4. The van der Waals surface area contributed by atoms with Gasteiger partial charge in [0.15, 0.2) is 17.5 Å². The molecule has 0 aliphatic carbocycles. The van der Waals surface area contributed by atoms with Gasteiger partial charge in [0.25, 0.3) is 0 Å². The van der Waals surface area contributed by atoms with Gasteiger partial charge in [-0.1, -0.05) is 18.2 Å². The van der Waals surface area contributed by atoms with Gasteiger partial charge in [0, 0.05) is 24.7 Å². The minimum atomic E-state index is -4.77. The predicted octanol–water partition coefficient (Wildman–Crippen LogP) is 3.37. The Morgan fingerprint density at radius 1 is 1.21 bits per heavy atom. The van der Waals surface area contributed by atoms with Crippen molar-refractivity contribution >= 4 is 11.8 Å². The third-order valence-corrected chi connectivity index (χ3v) is 5.54. The topological polar surface area (TPSA) is 93.4 Å². The fourth-order valence-electron chi connectivity index (χ4n) is 3.84. The van der Waals surface area contributed by atoms with Crippen LogP contribution in [0.4, 0.5) is 27.8 Å². The molecule has 0 saturated carbocycles. The number of halogens is 5. The van der Waals surface area contributed by atoms with E-state index in [1.807, 2.05) is 0 Å². The molecule has 8 nitrogen and oxygen atoms in total. The molecule has 1 aliphatic heterocycles. The van der Waals surface area contributed by atoms with Gasteiger partial charge in [-0.15, -0.1) is 0 Å². The summed E-state index contributed by atoms with van der Waals surface area (Å²) in [5.74, 6) is -7.40. The van der Waals surface area contributed by atoms with E-state index in [0.29, 0.717) is 5.56 Å². The van der Waals surface area contributed by atoms with Crippen LogP contribution in [-0.2, 0) is 11.3 Å². The second-order valence-corrected chi connectivity index (χ2v) is 7.68. The second kappa shape index (κ2) is 8.88. The Labute approximate surface area is 189 Å². The lowest BCUT2D eigenvalue weighted by atomic mass is 9.96. The van der Waals surface area contributed by atoms with Crippen LogP contribution in [0.1, 0.15) is 5.56 Å². The first-order valence-corrected chi connectivity index (χ1v) is 10.0. The molecule has 180 valence electrons. The van der Waals surface area contributed by atoms with Crippen LogP contribution in [0.25, 0.3) is 11.5 Å². The van der Waals surface area contributed by atoms with E-state index in [4.69, 9.17) is 4.74 Å². The Balaban J connectivity index is 1.66. The van der Waals surface area contributed by atoms with E-state index in [2.05, 4.69) is 15.1 Å². The Bertz CT molecular complexity index is 1220. The van der Waals surface area contributed by atoms with Crippen molar-refractivity contribution in [1.82, 2.24) is 19.7 Å². The maximum Gasteiger partial charge on any atom is 0.394 e. The SMILES string of the molecule is COc1cc(-c2ncc(F)c(N3CC(C(=O)O)C(C(F)(F)F)C3)n2)nn1Cc1ccccc1F. The summed E-state index contributed by atoms with van der Waals surface area (Å²) in [5.41, 5.74) is 0.432. The van der Waals surface area contributed by atoms with Crippen LogP contribution in [0.5, 0.6) is 5.88 Å². The van der Waals surface area contributed by atoms with Crippen LogP contribution in [0, 0.1) is 23.5 Å². The molecule has 1 fully saturated rings. The minimum absolute atomic E-state index is 0.00355. The van der Waals surface area contributed by atoms with Crippen molar-refractivity contribution in [2.24, 2.45) is 11.8 Å². The number of hydrogen-bond acceptors (Lipinski definition) is 6. The molecule has 0 spiro atoms. The first-order chi connectivity index (χ1) is 16.1. The van der Waals surface area contributed by atoms with E-state index in [1.165, 1.54) is 30.0 Å². The highest BCUT2D eigenvalue weighted by Crippen LogP contribution is 2.39. The van der Waals surface area contributed by atoms with Crippen molar-refractivity contribution in [3.63, 3.8) is 0 Å². The van der Waals surface area contributed by atoms with Crippen molar-refractivity contribution in [2.45, 2.75) is 12.7 Å². The summed E-state index contributed by atoms with van der Waals surface area (Å²) in [6.45, 7) is -1.33. The number of carboxylic acids is 1. The second-order valence-electron chi connectivity index (χ2n) is 7.68. The maximum absolute atomic E-state index is 14.5. The molecular weight excluding hydrogens is 465 g/mol. The van der Waals surface area contributed by atoms with Crippen molar-refractivity contribution in [3.05, 3.63) is 53.7 Å². The summed E-state index contributed by atoms with van der Waals surface area (Å²) in [5, 5.41) is 13.5. The Morgan fingerprint density at radius 3 is 2.56 bits per heavy atom. The van der Waals surface area contributed by atoms with Gasteiger partial charge in [-0.25, -0.2) is 23.4 Å². The van der Waals surface area contributed by atoms with E-state index in [1.54, 1.807) is 12.1 Å². The fraction of sp³-hybridized carbons (Fsp3) is 0.333. The van der Waals surface area contributed by atoms with E-state index < -0.39 is 54.5 Å². The first kappa shape index (κ1) is 23.4. The number of carboxylic acid groups (broad SMARTS) is 1. The van der Waals surface area contributed by atoms with E-state index in [0.717, 1.165) is 11.1 Å². The molecule has 0 radical (unpaired) electrons. The summed E-state index contributed by atoms with van der Waals surface area (Å²) < 4.78 is 75.1. The summed E-state index contributed by atoms with van der Waals surface area (Å²) >= 11 is 0. The molecule has 0 bridgehead atoms. The lowest BCUT2D eigenvalue weighted by Crippen LogP contribution is -2.33. The minimum Gasteiger partial charge on any atom is -0.481 e. The normalized spacial score (nSPS) is 18.4. The zero-order valence-electron chi connectivity index (χ0n) is 17.6. The molecule has 1 N–H and O–H groups in total. The molecule has 13 heteroatoms. The molecule has 3 heterocycles. The lowest BCUT2D eigenvalue weighted by Gasteiger charge is -2.19. The number of hydrogen-bond donors (Lipinski definition) is 1. The van der Waals surface area contributed by atoms with Gasteiger partial charge in [0.2, 0.25) is 5.88 Å². The molecule has 2 atom stereocenters. The van der Waals surface area contributed by atoms with Gasteiger partial charge in [0.1, 0.15) is 11.5 Å².